The Labute approximate surface area is 118 Å². The maximum Gasteiger partial charge on any atom is 0.244 e. The Morgan fingerprint density at radius 3 is 3.05 bits per heavy atom. The van der Waals surface area contributed by atoms with E-state index in [0.717, 1.165) is 37.6 Å². The summed E-state index contributed by atoms with van der Waals surface area (Å²) in [4.78, 5) is 11.8. The number of carbonyl (C=O) groups excluding carboxylic acids is 1. The molecule has 0 aliphatic carbocycles. The van der Waals surface area contributed by atoms with Gasteiger partial charge in [-0.1, -0.05) is 13.0 Å². The lowest BCUT2D eigenvalue weighted by Crippen LogP contribution is -2.48. The number of hydrogen-bond acceptors (Lipinski definition) is 3. The van der Waals surface area contributed by atoms with Crippen LogP contribution in [-0.4, -0.2) is 32.3 Å². The lowest BCUT2D eigenvalue weighted by atomic mass is 9.89. The molecule has 0 radical (unpaired) electrons. The van der Waals surface area contributed by atoms with Crippen molar-refractivity contribution < 1.29 is 14.3 Å². The zero-order valence-electron chi connectivity index (χ0n) is 11.6. The third kappa shape index (κ3) is 2.85. The summed E-state index contributed by atoms with van der Waals surface area (Å²) < 4.78 is 10.6. The van der Waals surface area contributed by atoms with Gasteiger partial charge in [-0.2, -0.15) is 0 Å². The first-order valence-corrected chi connectivity index (χ1v) is 6.94. The van der Waals surface area contributed by atoms with E-state index in [-0.39, 0.29) is 11.3 Å². The summed E-state index contributed by atoms with van der Waals surface area (Å²) in [5.74, 6) is 0.902. The van der Waals surface area contributed by atoms with E-state index >= 15 is 0 Å². The smallest absolute Gasteiger partial charge is 0.244 e. The van der Waals surface area contributed by atoms with Crippen LogP contribution in [0.4, 0.5) is 0 Å². The van der Waals surface area contributed by atoms with Crippen molar-refractivity contribution in [2.24, 2.45) is 5.41 Å². The van der Waals surface area contributed by atoms with Crippen molar-refractivity contribution >= 4 is 12.0 Å². The van der Waals surface area contributed by atoms with E-state index in [9.17, 15) is 4.79 Å². The molecule has 4 nitrogen and oxygen atoms in total. The van der Waals surface area contributed by atoms with E-state index in [1.54, 1.807) is 6.08 Å². The van der Waals surface area contributed by atoms with Gasteiger partial charge in [0.25, 0.3) is 0 Å². The second-order valence-corrected chi connectivity index (χ2v) is 5.82. The predicted molar refractivity (Wildman–Crippen MR) is 76.6 cm³/mol. The van der Waals surface area contributed by atoms with Crippen molar-refractivity contribution in [2.75, 3.05) is 26.4 Å². The Morgan fingerprint density at radius 2 is 2.30 bits per heavy atom. The summed E-state index contributed by atoms with van der Waals surface area (Å²) in [5, 5.41) is 2.92. The third-order valence-corrected chi connectivity index (χ3v) is 3.73. The van der Waals surface area contributed by atoms with Gasteiger partial charge in [0.15, 0.2) is 0 Å². The van der Waals surface area contributed by atoms with Crippen LogP contribution in [0, 0.1) is 5.41 Å². The quantitative estimate of drug-likeness (QED) is 0.851. The lowest BCUT2D eigenvalue weighted by Gasteiger charge is -2.37. The number of nitrogens with one attached hydrogen (secondary N) is 1. The molecule has 2 heterocycles. The highest BCUT2D eigenvalue weighted by molar-refractivity contribution is 5.91. The number of rotatable bonds is 4. The molecule has 0 atom stereocenters. The summed E-state index contributed by atoms with van der Waals surface area (Å²) in [6.07, 6.45) is 4.37. The highest BCUT2D eigenvalue weighted by Gasteiger charge is 2.33. The van der Waals surface area contributed by atoms with Crippen molar-refractivity contribution in [1.82, 2.24) is 5.32 Å². The van der Waals surface area contributed by atoms with Crippen LogP contribution >= 0.6 is 0 Å². The normalized spacial score (nSPS) is 19.2. The maximum absolute atomic E-state index is 11.8. The van der Waals surface area contributed by atoms with Crippen molar-refractivity contribution in [2.45, 2.75) is 13.3 Å². The molecule has 1 aromatic carbocycles. The summed E-state index contributed by atoms with van der Waals surface area (Å²) in [6.45, 7) is 4.97. The van der Waals surface area contributed by atoms with Crippen molar-refractivity contribution in [3.63, 3.8) is 0 Å². The molecule has 1 saturated heterocycles. The Bertz CT molecular complexity index is 547. The van der Waals surface area contributed by atoms with E-state index in [1.165, 1.54) is 5.56 Å². The molecule has 106 valence electrons. The van der Waals surface area contributed by atoms with E-state index < -0.39 is 0 Å². The molecule has 3 rings (SSSR count). The molecule has 1 N–H and O–H groups in total. The predicted octanol–water partition coefficient (Wildman–Crippen LogP) is 1.79. The third-order valence-electron chi connectivity index (χ3n) is 3.73. The average molecular weight is 273 g/mol. The molecule has 1 amide bonds. The van der Waals surface area contributed by atoms with Crippen LogP contribution in [0.3, 0.4) is 0 Å². The van der Waals surface area contributed by atoms with Crippen LogP contribution in [-0.2, 0) is 16.0 Å². The van der Waals surface area contributed by atoms with E-state index in [1.807, 2.05) is 18.2 Å². The maximum atomic E-state index is 11.8. The van der Waals surface area contributed by atoms with Gasteiger partial charge in [-0.3, -0.25) is 4.79 Å². The van der Waals surface area contributed by atoms with Gasteiger partial charge in [-0.05, 0) is 29.3 Å². The van der Waals surface area contributed by atoms with Gasteiger partial charge in [-0.15, -0.1) is 0 Å². The summed E-state index contributed by atoms with van der Waals surface area (Å²) >= 11 is 0. The average Bonchev–Trinajstić information content (AvgIpc) is 2.88. The van der Waals surface area contributed by atoms with E-state index in [0.29, 0.717) is 6.54 Å². The summed E-state index contributed by atoms with van der Waals surface area (Å²) in [6, 6.07) is 6.01. The molecule has 0 saturated carbocycles. The van der Waals surface area contributed by atoms with Gasteiger partial charge in [-0.25, -0.2) is 0 Å². The van der Waals surface area contributed by atoms with Crippen molar-refractivity contribution in [1.29, 1.82) is 0 Å². The molecule has 20 heavy (non-hydrogen) atoms. The van der Waals surface area contributed by atoms with Crippen LogP contribution in [0.25, 0.3) is 6.08 Å². The molecule has 1 fully saturated rings. The minimum Gasteiger partial charge on any atom is -0.493 e. The Hall–Kier alpha value is -1.81. The molecular weight excluding hydrogens is 254 g/mol. The molecule has 0 bridgehead atoms. The van der Waals surface area contributed by atoms with Crippen LogP contribution in [0.15, 0.2) is 24.3 Å². The number of fused-ring (bicyclic) bond motifs is 1. The highest BCUT2D eigenvalue weighted by Crippen LogP contribution is 2.26. The van der Waals surface area contributed by atoms with Crippen LogP contribution in [0.5, 0.6) is 5.75 Å². The standard InChI is InChI=1S/C16H19NO3/c1-16(10-19-11-16)9-17-15(18)5-3-12-2-4-14-13(8-12)6-7-20-14/h2-5,8H,6-7,9-11H2,1H3,(H,17,18)/b5-3+. The van der Waals surface area contributed by atoms with Gasteiger partial charge < -0.3 is 14.8 Å². The topological polar surface area (TPSA) is 47.6 Å². The highest BCUT2D eigenvalue weighted by atomic mass is 16.5. The van der Waals surface area contributed by atoms with Crippen molar-refractivity contribution in [3.05, 3.63) is 35.4 Å². The minimum absolute atomic E-state index is 0.0603. The van der Waals surface area contributed by atoms with Crippen LogP contribution in [0.1, 0.15) is 18.1 Å². The zero-order valence-corrected chi connectivity index (χ0v) is 11.6. The number of hydrogen-bond donors (Lipinski definition) is 1. The van der Waals surface area contributed by atoms with Crippen LogP contribution < -0.4 is 10.1 Å². The first-order valence-electron chi connectivity index (χ1n) is 6.94. The zero-order chi connectivity index (χ0) is 14.0. The number of amides is 1. The van der Waals surface area contributed by atoms with E-state index in [4.69, 9.17) is 9.47 Å². The van der Waals surface area contributed by atoms with Gasteiger partial charge in [0.1, 0.15) is 5.75 Å². The van der Waals surface area contributed by atoms with Gasteiger partial charge in [0, 0.05) is 24.5 Å². The number of carbonyl (C=O) groups is 1. The minimum atomic E-state index is -0.0603. The second-order valence-electron chi connectivity index (χ2n) is 5.82. The second kappa shape index (κ2) is 5.29. The largest absolute Gasteiger partial charge is 0.493 e. The molecule has 4 heteroatoms. The van der Waals surface area contributed by atoms with Gasteiger partial charge in [0.05, 0.1) is 19.8 Å². The lowest BCUT2D eigenvalue weighted by molar-refractivity contribution is -0.122. The van der Waals surface area contributed by atoms with E-state index in [2.05, 4.69) is 18.3 Å². The Balaban J connectivity index is 1.55. The summed E-state index contributed by atoms with van der Waals surface area (Å²) in [7, 11) is 0. The summed E-state index contributed by atoms with van der Waals surface area (Å²) in [5.41, 5.74) is 2.35. The molecule has 2 aliphatic rings. The molecule has 0 unspecified atom stereocenters. The van der Waals surface area contributed by atoms with Gasteiger partial charge in [0.2, 0.25) is 5.91 Å². The molecule has 1 aromatic rings. The number of ether oxygens (including phenoxy) is 2. The Morgan fingerprint density at radius 1 is 1.45 bits per heavy atom. The van der Waals surface area contributed by atoms with Gasteiger partial charge >= 0.3 is 0 Å². The Kier molecular flexibility index (Phi) is 3.49. The number of benzene rings is 1. The first kappa shape index (κ1) is 13.2. The molecule has 0 spiro atoms. The van der Waals surface area contributed by atoms with Crippen LogP contribution in [0.2, 0.25) is 0 Å². The van der Waals surface area contributed by atoms with Crippen molar-refractivity contribution in [3.8, 4) is 5.75 Å². The first-order chi connectivity index (χ1) is 9.65. The fourth-order valence-corrected chi connectivity index (χ4v) is 2.39. The SMILES string of the molecule is CC1(CNC(=O)/C=C/c2ccc3c(c2)CCO3)COC1. The monoisotopic (exact) mass is 273 g/mol. The fourth-order valence-electron chi connectivity index (χ4n) is 2.39. The molecule has 2 aliphatic heterocycles. The molecule has 0 aromatic heterocycles. The molecular formula is C16H19NO3. The fraction of sp³-hybridized carbons (Fsp3) is 0.438.